The first-order chi connectivity index (χ1) is 8.20. The molecule has 0 radical (unpaired) electrons. The number of carboxylic acid groups (broad SMARTS) is 1. The lowest BCUT2D eigenvalue weighted by Gasteiger charge is -2.38. The van der Waals surface area contributed by atoms with Gasteiger partial charge in [-0.05, 0) is 37.9 Å². The summed E-state index contributed by atoms with van der Waals surface area (Å²) in [4.78, 5) is 17.3. The van der Waals surface area contributed by atoms with Gasteiger partial charge in [0, 0.05) is 18.4 Å². The van der Waals surface area contributed by atoms with Crippen molar-refractivity contribution < 1.29 is 9.90 Å². The van der Waals surface area contributed by atoms with Gasteiger partial charge in [0.05, 0.1) is 0 Å². The van der Waals surface area contributed by atoms with Gasteiger partial charge in [0.25, 0.3) is 0 Å². The average Bonchev–Trinajstić information content (AvgIpc) is 2.39. The van der Waals surface area contributed by atoms with Crippen LogP contribution in [0.25, 0.3) is 0 Å². The molecule has 1 aromatic heterocycles. The van der Waals surface area contributed by atoms with Crippen LogP contribution in [-0.2, 0) is 4.79 Å². The predicted molar refractivity (Wildman–Crippen MR) is 64.6 cm³/mol. The zero-order valence-electron chi connectivity index (χ0n) is 10.0. The van der Waals surface area contributed by atoms with Crippen LogP contribution in [0, 0.1) is 0 Å². The van der Waals surface area contributed by atoms with E-state index in [1.54, 1.807) is 13.1 Å². The number of pyridine rings is 1. The molecule has 92 valence electrons. The summed E-state index contributed by atoms with van der Waals surface area (Å²) in [6.45, 7) is 2.62. The molecule has 0 aromatic carbocycles. The molecular formula is C13H18N2O2. The van der Waals surface area contributed by atoms with Crippen molar-refractivity contribution in [1.82, 2.24) is 9.88 Å². The molecule has 1 N–H and O–H groups in total. The van der Waals surface area contributed by atoms with Gasteiger partial charge in [0.1, 0.15) is 6.04 Å². The summed E-state index contributed by atoms with van der Waals surface area (Å²) < 4.78 is 0. The third-order valence-corrected chi connectivity index (χ3v) is 3.47. The van der Waals surface area contributed by atoms with E-state index >= 15 is 0 Å². The molecule has 1 fully saturated rings. The number of aliphatic carboxylic acids is 1. The second-order valence-corrected chi connectivity index (χ2v) is 4.55. The van der Waals surface area contributed by atoms with Crippen molar-refractivity contribution in [3.8, 4) is 0 Å². The Morgan fingerprint density at radius 1 is 1.59 bits per heavy atom. The van der Waals surface area contributed by atoms with Gasteiger partial charge < -0.3 is 5.11 Å². The van der Waals surface area contributed by atoms with E-state index in [-0.39, 0.29) is 6.04 Å². The molecule has 0 amide bonds. The fourth-order valence-corrected chi connectivity index (χ4v) is 2.49. The van der Waals surface area contributed by atoms with Crippen LogP contribution in [0.4, 0.5) is 0 Å². The molecule has 17 heavy (non-hydrogen) atoms. The summed E-state index contributed by atoms with van der Waals surface area (Å²) >= 11 is 0. The SMILES string of the molecule is C[C@H](C(=O)O)N1CCCC[C@H]1c1cccnc1. The zero-order chi connectivity index (χ0) is 12.3. The maximum atomic E-state index is 11.1. The Hall–Kier alpha value is -1.42. The molecule has 4 nitrogen and oxygen atoms in total. The molecule has 2 heterocycles. The lowest BCUT2D eigenvalue weighted by molar-refractivity contribution is -0.144. The molecule has 1 aliphatic rings. The minimum atomic E-state index is -0.749. The Bertz CT molecular complexity index is 380. The van der Waals surface area contributed by atoms with Crippen LogP contribution >= 0.6 is 0 Å². The van der Waals surface area contributed by atoms with Gasteiger partial charge in [-0.25, -0.2) is 0 Å². The maximum Gasteiger partial charge on any atom is 0.320 e. The van der Waals surface area contributed by atoms with Crippen LogP contribution in [0.15, 0.2) is 24.5 Å². The molecule has 0 aliphatic carbocycles. The van der Waals surface area contributed by atoms with E-state index in [4.69, 9.17) is 5.11 Å². The van der Waals surface area contributed by atoms with Gasteiger partial charge >= 0.3 is 5.97 Å². The Morgan fingerprint density at radius 2 is 2.41 bits per heavy atom. The molecule has 1 saturated heterocycles. The second-order valence-electron chi connectivity index (χ2n) is 4.55. The Labute approximate surface area is 101 Å². The largest absolute Gasteiger partial charge is 0.480 e. The Morgan fingerprint density at radius 3 is 3.06 bits per heavy atom. The molecular weight excluding hydrogens is 216 g/mol. The number of rotatable bonds is 3. The highest BCUT2D eigenvalue weighted by atomic mass is 16.4. The maximum absolute atomic E-state index is 11.1. The highest BCUT2D eigenvalue weighted by Gasteiger charge is 2.30. The van der Waals surface area contributed by atoms with Gasteiger partial charge in [-0.1, -0.05) is 12.5 Å². The fraction of sp³-hybridized carbons (Fsp3) is 0.538. The molecule has 0 unspecified atom stereocenters. The molecule has 1 aromatic rings. The molecule has 1 aliphatic heterocycles. The van der Waals surface area contributed by atoms with E-state index in [1.807, 2.05) is 18.3 Å². The van der Waals surface area contributed by atoms with Crippen molar-refractivity contribution in [1.29, 1.82) is 0 Å². The first kappa shape index (κ1) is 12.0. The van der Waals surface area contributed by atoms with E-state index in [1.165, 1.54) is 0 Å². The number of nitrogens with zero attached hydrogens (tertiary/aromatic N) is 2. The normalized spacial score (nSPS) is 23.2. The lowest BCUT2D eigenvalue weighted by Crippen LogP contribution is -2.44. The number of likely N-dealkylation sites (tertiary alicyclic amines) is 1. The fourth-order valence-electron chi connectivity index (χ4n) is 2.49. The van der Waals surface area contributed by atoms with Crippen molar-refractivity contribution in [3.05, 3.63) is 30.1 Å². The standard InChI is InChI=1S/C13H18N2O2/c1-10(13(16)17)15-8-3-2-6-12(15)11-5-4-7-14-9-11/h4-5,7,9-10,12H,2-3,6,8H2,1H3,(H,16,17)/t10-,12+/m1/s1. The Balaban J connectivity index is 2.21. The smallest absolute Gasteiger partial charge is 0.320 e. The van der Waals surface area contributed by atoms with E-state index in [0.717, 1.165) is 31.4 Å². The van der Waals surface area contributed by atoms with Crippen LogP contribution < -0.4 is 0 Å². The van der Waals surface area contributed by atoms with Gasteiger partial charge in [-0.3, -0.25) is 14.7 Å². The third-order valence-electron chi connectivity index (χ3n) is 3.47. The minimum Gasteiger partial charge on any atom is -0.480 e. The van der Waals surface area contributed by atoms with Gasteiger partial charge in [-0.15, -0.1) is 0 Å². The number of hydrogen-bond acceptors (Lipinski definition) is 3. The highest BCUT2D eigenvalue weighted by molar-refractivity contribution is 5.73. The van der Waals surface area contributed by atoms with Crippen molar-refractivity contribution in [2.24, 2.45) is 0 Å². The molecule has 0 spiro atoms. The number of piperidine rings is 1. The van der Waals surface area contributed by atoms with Crippen molar-refractivity contribution >= 4 is 5.97 Å². The minimum absolute atomic E-state index is 0.198. The quantitative estimate of drug-likeness (QED) is 0.870. The van der Waals surface area contributed by atoms with E-state index in [0.29, 0.717) is 0 Å². The van der Waals surface area contributed by atoms with Crippen molar-refractivity contribution in [3.63, 3.8) is 0 Å². The number of carbonyl (C=O) groups is 1. The zero-order valence-corrected chi connectivity index (χ0v) is 10.0. The van der Waals surface area contributed by atoms with Crippen LogP contribution in [0.3, 0.4) is 0 Å². The second kappa shape index (κ2) is 5.27. The highest BCUT2D eigenvalue weighted by Crippen LogP contribution is 2.31. The summed E-state index contributed by atoms with van der Waals surface area (Å²) in [5.41, 5.74) is 1.13. The van der Waals surface area contributed by atoms with Crippen LogP contribution in [0.2, 0.25) is 0 Å². The van der Waals surface area contributed by atoms with Crippen molar-refractivity contribution in [2.45, 2.75) is 38.3 Å². The molecule has 4 heteroatoms. The Kier molecular flexibility index (Phi) is 3.74. The van der Waals surface area contributed by atoms with Gasteiger partial charge in [0.2, 0.25) is 0 Å². The monoisotopic (exact) mass is 234 g/mol. The summed E-state index contributed by atoms with van der Waals surface area (Å²) in [6, 6.07) is 3.71. The van der Waals surface area contributed by atoms with Crippen LogP contribution in [0.5, 0.6) is 0 Å². The van der Waals surface area contributed by atoms with E-state index in [2.05, 4.69) is 9.88 Å². The topological polar surface area (TPSA) is 53.4 Å². The van der Waals surface area contributed by atoms with E-state index in [9.17, 15) is 4.79 Å². The molecule has 2 rings (SSSR count). The average molecular weight is 234 g/mol. The number of hydrogen-bond donors (Lipinski definition) is 1. The summed E-state index contributed by atoms with van der Waals surface area (Å²) in [5.74, 6) is -0.749. The molecule has 0 saturated carbocycles. The summed E-state index contributed by atoms with van der Waals surface area (Å²) in [6.07, 6.45) is 6.84. The molecule has 2 atom stereocenters. The lowest BCUT2D eigenvalue weighted by atomic mass is 9.95. The number of carboxylic acids is 1. The van der Waals surface area contributed by atoms with Crippen LogP contribution in [-0.4, -0.2) is 33.5 Å². The van der Waals surface area contributed by atoms with Gasteiger partial charge in [-0.2, -0.15) is 0 Å². The first-order valence-electron chi connectivity index (χ1n) is 6.08. The summed E-state index contributed by atoms with van der Waals surface area (Å²) in [5, 5.41) is 9.14. The first-order valence-corrected chi connectivity index (χ1v) is 6.08. The van der Waals surface area contributed by atoms with Gasteiger partial charge in [0.15, 0.2) is 0 Å². The summed E-state index contributed by atoms with van der Waals surface area (Å²) in [7, 11) is 0. The van der Waals surface area contributed by atoms with Crippen LogP contribution in [0.1, 0.15) is 37.8 Å². The number of aromatic nitrogens is 1. The van der Waals surface area contributed by atoms with Crippen molar-refractivity contribution in [2.75, 3.05) is 6.54 Å². The predicted octanol–water partition coefficient (Wildman–Crippen LogP) is 2.08. The third kappa shape index (κ3) is 2.64. The molecule has 0 bridgehead atoms. The van der Waals surface area contributed by atoms with E-state index < -0.39 is 12.0 Å².